The maximum atomic E-state index is 12.2. The summed E-state index contributed by atoms with van der Waals surface area (Å²) in [6.45, 7) is 0. The van der Waals surface area contributed by atoms with Gasteiger partial charge in [0.2, 0.25) is 0 Å². The molecule has 0 fully saturated rings. The molecule has 4 heterocycles. The Morgan fingerprint density at radius 3 is 1.42 bits per heavy atom. The number of carbonyl (C=O) groups is 1. The maximum Gasteiger partial charge on any atom is 0.417 e. The first-order valence-electron chi connectivity index (χ1n) is 12.8. The van der Waals surface area contributed by atoms with Crippen LogP contribution in [0.1, 0.15) is 0 Å². The van der Waals surface area contributed by atoms with E-state index < -0.39 is 6.09 Å². The molecule has 3 N–H and O–H groups in total. The Morgan fingerprint density at radius 1 is 0.605 bits per heavy atom. The van der Waals surface area contributed by atoms with Crippen molar-refractivity contribution in [2.75, 3.05) is 11.1 Å². The fraction of sp³-hybridized carbons (Fsp3) is 0. The van der Waals surface area contributed by atoms with Crippen molar-refractivity contribution in [3.8, 4) is 51.0 Å². The van der Waals surface area contributed by atoms with Crippen molar-refractivity contribution in [2.24, 2.45) is 0 Å². The highest BCUT2D eigenvalue weighted by atomic mass is 16.6. The fourth-order valence-corrected chi connectivity index (χ4v) is 4.09. The van der Waals surface area contributed by atoms with Crippen molar-refractivity contribution in [1.82, 2.24) is 19.9 Å². The number of anilines is 2. The summed E-state index contributed by atoms with van der Waals surface area (Å²) >= 11 is 0. The van der Waals surface area contributed by atoms with E-state index in [4.69, 9.17) is 28.1 Å². The summed E-state index contributed by atoms with van der Waals surface area (Å²) in [5.74, 6) is 2.90. The number of benzene rings is 3. The number of para-hydroxylation sites is 1. The van der Waals surface area contributed by atoms with Crippen molar-refractivity contribution in [3.05, 3.63) is 117 Å². The molecule has 12 nitrogen and oxygen atoms in total. The van der Waals surface area contributed by atoms with Gasteiger partial charge in [-0.2, -0.15) is 0 Å². The molecule has 3 aromatic carbocycles. The SMILES string of the molecule is Nc1cc(-c2cnco2)cc(-c2cnco2)c1.O=C(Nc1cc(-c2cnco2)cc(-c2cnco2)c1)Oc1ccccc1. The van der Waals surface area contributed by atoms with Crippen molar-refractivity contribution >= 4 is 17.5 Å². The van der Waals surface area contributed by atoms with Gasteiger partial charge in [-0.25, -0.2) is 24.7 Å². The van der Waals surface area contributed by atoms with Crippen LogP contribution >= 0.6 is 0 Å². The number of rotatable bonds is 6. The van der Waals surface area contributed by atoms with E-state index in [1.807, 2.05) is 30.3 Å². The zero-order chi connectivity index (χ0) is 29.4. The lowest BCUT2D eigenvalue weighted by molar-refractivity contribution is 0.215. The van der Waals surface area contributed by atoms with Crippen LogP contribution in [0.2, 0.25) is 0 Å². The lowest BCUT2D eigenvalue weighted by Crippen LogP contribution is -2.16. The highest BCUT2D eigenvalue weighted by Crippen LogP contribution is 2.31. The average molecular weight is 575 g/mol. The third-order valence-corrected chi connectivity index (χ3v) is 5.96. The van der Waals surface area contributed by atoms with Crippen LogP contribution in [0.5, 0.6) is 5.75 Å². The summed E-state index contributed by atoms with van der Waals surface area (Å²) in [5.41, 5.74) is 10.2. The number of nitrogens with one attached hydrogen (secondary N) is 1. The van der Waals surface area contributed by atoms with E-state index in [2.05, 4.69) is 25.3 Å². The molecule has 0 unspecified atom stereocenters. The summed E-state index contributed by atoms with van der Waals surface area (Å²) in [6.07, 6.45) is 11.3. The third-order valence-electron chi connectivity index (χ3n) is 5.96. The van der Waals surface area contributed by atoms with Crippen molar-refractivity contribution in [2.45, 2.75) is 0 Å². The molecule has 7 aromatic rings. The minimum Gasteiger partial charge on any atom is -0.444 e. The highest BCUT2D eigenvalue weighted by Gasteiger charge is 2.13. The number of ether oxygens (including phenoxy) is 1. The average Bonchev–Trinajstić information content (AvgIpc) is 3.85. The Kier molecular flexibility index (Phi) is 7.72. The van der Waals surface area contributed by atoms with Gasteiger partial charge in [-0.3, -0.25) is 5.32 Å². The van der Waals surface area contributed by atoms with Gasteiger partial charge in [-0.05, 0) is 48.5 Å². The van der Waals surface area contributed by atoms with Gasteiger partial charge in [-0.15, -0.1) is 0 Å². The largest absolute Gasteiger partial charge is 0.444 e. The van der Waals surface area contributed by atoms with Crippen LogP contribution in [0.15, 0.2) is 135 Å². The van der Waals surface area contributed by atoms with Gasteiger partial charge in [0, 0.05) is 33.6 Å². The second-order valence-electron chi connectivity index (χ2n) is 8.93. The van der Waals surface area contributed by atoms with Crippen molar-refractivity contribution in [1.29, 1.82) is 0 Å². The molecule has 0 atom stereocenters. The lowest BCUT2D eigenvalue weighted by atomic mass is 10.1. The molecule has 7 rings (SSSR count). The Labute approximate surface area is 243 Å². The number of aromatic nitrogens is 4. The standard InChI is InChI=1S/C19H13N3O4.C12H9N3O2/c23-19(26-16-4-2-1-3-5-16)22-15-7-13(17-9-20-11-24-17)6-14(8-15)18-10-21-12-25-18;13-10-2-8(11-4-14-6-16-11)1-9(3-10)12-5-15-7-17-12/h1-12H,(H,22,23);1-7H,13H2. The highest BCUT2D eigenvalue weighted by molar-refractivity contribution is 5.89. The molecule has 12 heteroatoms. The first-order chi connectivity index (χ1) is 21.1. The Balaban J connectivity index is 0.000000167. The monoisotopic (exact) mass is 574 g/mol. The predicted octanol–water partition coefficient (Wildman–Crippen LogP) is 7.19. The number of nitrogens with two attached hydrogens (primary N) is 1. The van der Waals surface area contributed by atoms with E-state index in [1.165, 1.54) is 25.6 Å². The number of amides is 1. The third kappa shape index (κ3) is 6.66. The smallest absolute Gasteiger partial charge is 0.417 e. The molecule has 0 aliphatic carbocycles. The van der Waals surface area contributed by atoms with E-state index >= 15 is 0 Å². The summed E-state index contributed by atoms with van der Waals surface area (Å²) in [7, 11) is 0. The number of nitrogen functional groups attached to an aromatic ring is 1. The van der Waals surface area contributed by atoms with Gasteiger partial charge in [0.05, 0.1) is 24.8 Å². The Bertz CT molecular complexity index is 1780. The summed E-state index contributed by atoms with van der Waals surface area (Å²) in [6, 6.07) is 19.7. The fourth-order valence-electron chi connectivity index (χ4n) is 4.09. The van der Waals surface area contributed by atoms with E-state index in [0.717, 1.165) is 22.3 Å². The van der Waals surface area contributed by atoms with Gasteiger partial charge < -0.3 is 28.1 Å². The molecule has 0 aliphatic rings. The number of hydrogen-bond acceptors (Lipinski definition) is 11. The molecular formula is C31H22N6O6. The Morgan fingerprint density at radius 2 is 1.02 bits per heavy atom. The van der Waals surface area contributed by atoms with Crippen LogP contribution in [0, 0.1) is 0 Å². The first kappa shape index (κ1) is 26.8. The first-order valence-corrected chi connectivity index (χ1v) is 12.8. The molecule has 0 saturated heterocycles. The van der Waals surface area contributed by atoms with Crippen molar-refractivity contribution in [3.63, 3.8) is 0 Å². The summed E-state index contributed by atoms with van der Waals surface area (Å²) in [5, 5.41) is 2.71. The number of oxazole rings is 4. The van der Waals surface area contributed by atoms with Gasteiger partial charge in [0.1, 0.15) is 5.75 Å². The van der Waals surface area contributed by atoms with Crippen LogP contribution in [-0.4, -0.2) is 26.0 Å². The molecule has 0 spiro atoms. The van der Waals surface area contributed by atoms with Crippen LogP contribution in [0.3, 0.4) is 0 Å². The quantitative estimate of drug-likeness (QED) is 0.193. The second kappa shape index (κ2) is 12.4. The summed E-state index contributed by atoms with van der Waals surface area (Å²) in [4.78, 5) is 27.8. The molecular weight excluding hydrogens is 552 g/mol. The minimum absolute atomic E-state index is 0.451. The van der Waals surface area contributed by atoms with Crippen LogP contribution in [0.25, 0.3) is 45.3 Å². The molecule has 43 heavy (non-hydrogen) atoms. The number of carbonyl (C=O) groups excluding carboxylic acids is 1. The molecule has 4 aromatic heterocycles. The normalized spacial score (nSPS) is 10.5. The molecule has 0 saturated carbocycles. The summed E-state index contributed by atoms with van der Waals surface area (Å²) < 4.78 is 26.4. The van der Waals surface area contributed by atoms with Crippen molar-refractivity contribution < 1.29 is 27.2 Å². The molecule has 1 amide bonds. The molecule has 212 valence electrons. The topological polar surface area (TPSA) is 168 Å². The van der Waals surface area contributed by atoms with E-state index in [-0.39, 0.29) is 0 Å². The zero-order valence-electron chi connectivity index (χ0n) is 22.3. The second-order valence-corrected chi connectivity index (χ2v) is 8.93. The zero-order valence-corrected chi connectivity index (χ0v) is 22.3. The predicted molar refractivity (Wildman–Crippen MR) is 155 cm³/mol. The van der Waals surface area contributed by atoms with Crippen LogP contribution in [0.4, 0.5) is 16.2 Å². The minimum atomic E-state index is -0.602. The maximum absolute atomic E-state index is 12.2. The van der Waals surface area contributed by atoms with E-state index in [0.29, 0.717) is 40.2 Å². The van der Waals surface area contributed by atoms with Crippen LogP contribution < -0.4 is 15.8 Å². The van der Waals surface area contributed by atoms with E-state index in [9.17, 15) is 4.79 Å². The molecule has 0 radical (unpaired) electrons. The van der Waals surface area contributed by atoms with Gasteiger partial charge in [0.25, 0.3) is 0 Å². The Hall–Kier alpha value is -6.43. The lowest BCUT2D eigenvalue weighted by Gasteiger charge is -2.09. The van der Waals surface area contributed by atoms with E-state index in [1.54, 1.807) is 61.2 Å². The molecule has 0 aliphatic heterocycles. The van der Waals surface area contributed by atoms with Gasteiger partial charge in [-0.1, -0.05) is 18.2 Å². The van der Waals surface area contributed by atoms with Crippen LogP contribution in [-0.2, 0) is 0 Å². The van der Waals surface area contributed by atoms with Gasteiger partial charge in [0.15, 0.2) is 48.6 Å². The molecule has 0 bridgehead atoms. The number of nitrogens with zero attached hydrogens (tertiary/aromatic N) is 4. The van der Waals surface area contributed by atoms with Gasteiger partial charge >= 0.3 is 6.09 Å². The number of hydrogen-bond donors (Lipinski definition) is 2.